The zero-order chi connectivity index (χ0) is 25.0. The molecule has 3 rings (SSSR count). The third kappa shape index (κ3) is 6.39. The maximum atomic E-state index is 13.2. The third-order valence-corrected chi connectivity index (χ3v) is 6.73. The topological polar surface area (TPSA) is 145 Å². The molecule has 0 spiro atoms. The molecule has 182 valence electrons. The zero-order valence-corrected chi connectivity index (χ0v) is 19.9. The molecule has 2 aromatic rings. The Labute approximate surface area is 197 Å². The molecule has 0 radical (unpaired) electrons. The van der Waals surface area contributed by atoms with E-state index in [1.165, 1.54) is 36.4 Å². The standard InChI is InChI=1S/C23H27N3O7S/c1-14(2)33-22(27)13-20(18-6-4-5-7-21(18)26(29)30)24-23(28)19-12-17(11-8-15(19)3)34(31,32)25-16-9-10-16/h4-8,11-12,14,16,20,25H,9-10,13H2,1-3H3,(H,24,28). The normalized spacial score (nSPS) is 14.5. The minimum absolute atomic E-state index is 0.0587. The van der Waals surface area contributed by atoms with Crippen LogP contribution >= 0.6 is 0 Å². The Morgan fingerprint density at radius 2 is 1.85 bits per heavy atom. The van der Waals surface area contributed by atoms with Crippen molar-refractivity contribution in [3.63, 3.8) is 0 Å². The molecule has 2 N–H and O–H groups in total. The average molecular weight is 490 g/mol. The Hall–Kier alpha value is -3.31. The first-order valence-electron chi connectivity index (χ1n) is 10.8. The van der Waals surface area contributed by atoms with Gasteiger partial charge in [0, 0.05) is 17.7 Å². The number of benzene rings is 2. The molecule has 1 saturated carbocycles. The lowest BCUT2D eigenvalue weighted by Crippen LogP contribution is -2.32. The van der Waals surface area contributed by atoms with Crippen molar-refractivity contribution in [2.24, 2.45) is 0 Å². The smallest absolute Gasteiger partial charge is 0.308 e. The SMILES string of the molecule is Cc1ccc(S(=O)(=O)NC2CC2)cc1C(=O)NC(CC(=O)OC(C)C)c1ccccc1[N+](=O)[O-]. The molecule has 1 amide bonds. The number of carbonyl (C=O) groups excluding carboxylic acids is 2. The van der Waals surface area contributed by atoms with Crippen molar-refractivity contribution in [2.75, 3.05) is 0 Å². The quantitative estimate of drug-likeness (QED) is 0.296. The van der Waals surface area contributed by atoms with E-state index in [-0.39, 0.29) is 34.2 Å². The summed E-state index contributed by atoms with van der Waals surface area (Å²) in [5, 5.41) is 14.2. The van der Waals surface area contributed by atoms with E-state index in [1.807, 2.05) is 0 Å². The average Bonchev–Trinajstić information content (AvgIpc) is 3.56. The summed E-state index contributed by atoms with van der Waals surface area (Å²) < 4.78 is 32.9. The predicted octanol–water partition coefficient (Wildman–Crippen LogP) is 3.16. The fourth-order valence-corrected chi connectivity index (χ4v) is 4.73. The van der Waals surface area contributed by atoms with Crippen LogP contribution in [-0.2, 0) is 19.6 Å². The fraction of sp³-hybridized carbons (Fsp3) is 0.391. The van der Waals surface area contributed by atoms with Crippen molar-refractivity contribution < 1.29 is 27.7 Å². The van der Waals surface area contributed by atoms with Gasteiger partial charge in [-0.3, -0.25) is 19.7 Å². The summed E-state index contributed by atoms with van der Waals surface area (Å²) in [6.45, 7) is 4.98. The number of sulfonamides is 1. The van der Waals surface area contributed by atoms with Crippen molar-refractivity contribution in [1.29, 1.82) is 0 Å². The van der Waals surface area contributed by atoms with Crippen LogP contribution in [0.2, 0.25) is 0 Å². The van der Waals surface area contributed by atoms with Crippen LogP contribution in [0, 0.1) is 17.0 Å². The van der Waals surface area contributed by atoms with Crippen LogP contribution in [0.5, 0.6) is 0 Å². The lowest BCUT2D eigenvalue weighted by Gasteiger charge is -2.20. The lowest BCUT2D eigenvalue weighted by atomic mass is 10.0. The second-order valence-electron chi connectivity index (χ2n) is 8.46. The van der Waals surface area contributed by atoms with Gasteiger partial charge >= 0.3 is 5.97 Å². The summed E-state index contributed by atoms with van der Waals surface area (Å²) in [5.41, 5.74) is 0.471. The molecule has 0 saturated heterocycles. The Bertz CT molecular complexity index is 1210. The maximum absolute atomic E-state index is 13.2. The molecule has 34 heavy (non-hydrogen) atoms. The van der Waals surface area contributed by atoms with E-state index in [0.717, 1.165) is 12.8 Å². The van der Waals surface area contributed by atoms with Gasteiger partial charge in [-0.1, -0.05) is 24.3 Å². The number of hydrogen-bond donors (Lipinski definition) is 2. The monoisotopic (exact) mass is 489 g/mol. The Balaban J connectivity index is 1.93. The first-order valence-corrected chi connectivity index (χ1v) is 12.3. The number of nitrogens with zero attached hydrogens (tertiary/aromatic N) is 1. The van der Waals surface area contributed by atoms with Crippen molar-refractivity contribution >= 4 is 27.6 Å². The van der Waals surface area contributed by atoms with Gasteiger partial charge in [0.25, 0.3) is 11.6 Å². The summed E-state index contributed by atoms with van der Waals surface area (Å²) >= 11 is 0. The number of esters is 1. The Morgan fingerprint density at radius 3 is 2.47 bits per heavy atom. The predicted molar refractivity (Wildman–Crippen MR) is 124 cm³/mol. The van der Waals surface area contributed by atoms with E-state index >= 15 is 0 Å². The molecule has 0 heterocycles. The van der Waals surface area contributed by atoms with Crippen LogP contribution < -0.4 is 10.0 Å². The molecular weight excluding hydrogens is 462 g/mol. The minimum Gasteiger partial charge on any atom is -0.463 e. The highest BCUT2D eigenvalue weighted by Crippen LogP contribution is 2.29. The number of para-hydroxylation sites is 1. The summed E-state index contributed by atoms with van der Waals surface area (Å²) in [6.07, 6.45) is 0.789. The van der Waals surface area contributed by atoms with Crippen LogP contribution in [-0.4, -0.2) is 37.4 Å². The Kier molecular flexibility index (Phi) is 7.68. The summed E-state index contributed by atoms with van der Waals surface area (Å²) in [5.74, 6) is -1.30. The number of carbonyl (C=O) groups is 2. The molecule has 0 bridgehead atoms. The molecule has 1 fully saturated rings. The fourth-order valence-electron chi connectivity index (χ4n) is 3.40. The second-order valence-corrected chi connectivity index (χ2v) is 10.2. The van der Waals surface area contributed by atoms with Crippen LogP contribution in [0.15, 0.2) is 47.4 Å². The molecule has 1 unspecified atom stereocenters. The first kappa shape index (κ1) is 25.3. The van der Waals surface area contributed by atoms with E-state index in [0.29, 0.717) is 5.56 Å². The van der Waals surface area contributed by atoms with Gasteiger partial charge in [0.05, 0.1) is 33.9 Å². The van der Waals surface area contributed by atoms with Gasteiger partial charge in [0.2, 0.25) is 10.0 Å². The lowest BCUT2D eigenvalue weighted by molar-refractivity contribution is -0.385. The molecule has 1 aliphatic carbocycles. The summed E-state index contributed by atoms with van der Waals surface area (Å²) in [4.78, 5) is 36.5. The number of ether oxygens (including phenoxy) is 1. The molecule has 10 nitrogen and oxygen atoms in total. The molecule has 1 atom stereocenters. The van der Waals surface area contributed by atoms with Crippen LogP contribution in [0.25, 0.3) is 0 Å². The van der Waals surface area contributed by atoms with E-state index in [1.54, 1.807) is 26.8 Å². The number of hydrogen-bond acceptors (Lipinski definition) is 7. The molecule has 1 aliphatic rings. The van der Waals surface area contributed by atoms with E-state index in [9.17, 15) is 28.1 Å². The van der Waals surface area contributed by atoms with Gasteiger partial charge in [-0.15, -0.1) is 0 Å². The number of nitrogens with one attached hydrogen (secondary N) is 2. The van der Waals surface area contributed by atoms with Gasteiger partial charge in [-0.05, 0) is 51.3 Å². The summed E-state index contributed by atoms with van der Waals surface area (Å²) in [6, 6.07) is 8.82. The number of nitro groups is 1. The third-order valence-electron chi connectivity index (χ3n) is 5.22. The molecule has 0 aromatic heterocycles. The summed E-state index contributed by atoms with van der Waals surface area (Å²) in [7, 11) is -3.79. The highest BCUT2D eigenvalue weighted by molar-refractivity contribution is 7.89. The van der Waals surface area contributed by atoms with Crippen LogP contribution in [0.4, 0.5) is 5.69 Å². The zero-order valence-electron chi connectivity index (χ0n) is 19.1. The van der Waals surface area contributed by atoms with Crippen molar-refractivity contribution in [2.45, 2.75) is 63.1 Å². The Morgan fingerprint density at radius 1 is 1.18 bits per heavy atom. The molecular formula is C23H27N3O7S. The van der Waals surface area contributed by atoms with E-state index in [2.05, 4.69) is 10.0 Å². The second kappa shape index (κ2) is 10.3. The molecule has 11 heteroatoms. The van der Waals surface area contributed by atoms with Gasteiger partial charge < -0.3 is 10.1 Å². The van der Waals surface area contributed by atoms with Gasteiger partial charge in [0.15, 0.2) is 0 Å². The molecule has 0 aliphatic heterocycles. The van der Waals surface area contributed by atoms with Crippen molar-refractivity contribution in [3.8, 4) is 0 Å². The first-order chi connectivity index (χ1) is 16.0. The highest BCUT2D eigenvalue weighted by Gasteiger charge is 2.30. The van der Waals surface area contributed by atoms with E-state index in [4.69, 9.17) is 4.74 Å². The number of amides is 1. The minimum atomic E-state index is -3.79. The van der Waals surface area contributed by atoms with Gasteiger partial charge in [-0.25, -0.2) is 13.1 Å². The van der Waals surface area contributed by atoms with Crippen LogP contribution in [0.3, 0.4) is 0 Å². The molecule has 2 aromatic carbocycles. The highest BCUT2D eigenvalue weighted by atomic mass is 32.2. The van der Waals surface area contributed by atoms with E-state index < -0.39 is 39.0 Å². The van der Waals surface area contributed by atoms with Crippen LogP contribution in [0.1, 0.15) is 60.6 Å². The van der Waals surface area contributed by atoms with Gasteiger partial charge in [0.1, 0.15) is 0 Å². The number of rotatable bonds is 10. The van der Waals surface area contributed by atoms with Gasteiger partial charge in [-0.2, -0.15) is 0 Å². The number of nitro benzene ring substituents is 1. The maximum Gasteiger partial charge on any atom is 0.308 e. The largest absolute Gasteiger partial charge is 0.463 e. The van der Waals surface area contributed by atoms with Crippen molar-refractivity contribution in [3.05, 3.63) is 69.3 Å². The van der Waals surface area contributed by atoms with Crippen molar-refractivity contribution in [1.82, 2.24) is 10.0 Å². The number of aryl methyl sites for hydroxylation is 1.